The summed E-state index contributed by atoms with van der Waals surface area (Å²) < 4.78 is 4.85. The van der Waals surface area contributed by atoms with E-state index in [9.17, 15) is 9.59 Å². The zero-order valence-corrected chi connectivity index (χ0v) is 7.74. The second-order valence-corrected chi connectivity index (χ2v) is 3.53. The molecule has 0 aliphatic carbocycles. The van der Waals surface area contributed by atoms with E-state index in [0.29, 0.717) is 5.92 Å². The van der Waals surface area contributed by atoms with Gasteiger partial charge < -0.3 is 10.1 Å². The number of rotatable bonds is 3. The maximum atomic E-state index is 10.8. The average Bonchev–Trinajstić information content (AvgIpc) is 2.31. The van der Waals surface area contributed by atoms with Crippen LogP contribution in [0.15, 0.2) is 6.08 Å². The molecule has 1 amide bonds. The van der Waals surface area contributed by atoms with Crippen LogP contribution in [0, 0.1) is 5.92 Å². The Labute approximate surface area is 76.9 Å². The van der Waals surface area contributed by atoms with Gasteiger partial charge in [-0.25, -0.2) is 9.59 Å². The first-order chi connectivity index (χ1) is 6.13. The number of ether oxygens (including phenoxy) is 1. The van der Waals surface area contributed by atoms with E-state index in [1.807, 2.05) is 13.8 Å². The number of alkyl carbamates (subject to hydrolysis) is 1. The fraction of sp³-hybridized carbons (Fsp3) is 0.667. The number of cyclic esters (lactones) is 1. The fourth-order valence-corrected chi connectivity index (χ4v) is 1.39. The Morgan fingerprint density at radius 1 is 1.69 bits per heavy atom. The number of hydrogen-bond acceptors (Lipinski definition) is 3. The normalized spacial score (nSPS) is 26.5. The van der Waals surface area contributed by atoms with Crippen molar-refractivity contribution < 1.29 is 14.3 Å². The summed E-state index contributed by atoms with van der Waals surface area (Å²) in [5.41, 5.74) is 0. The molecule has 2 unspecified atom stereocenters. The lowest BCUT2D eigenvalue weighted by molar-refractivity contribution is 0.152. The van der Waals surface area contributed by atoms with Gasteiger partial charge in [0.15, 0.2) is 6.10 Å². The molecule has 1 saturated heterocycles. The van der Waals surface area contributed by atoms with Gasteiger partial charge in [0.1, 0.15) is 5.94 Å². The third kappa shape index (κ3) is 2.60. The molecule has 1 N–H and O–H groups in total. The maximum absolute atomic E-state index is 10.8. The van der Waals surface area contributed by atoms with E-state index < -0.39 is 12.2 Å². The molecule has 0 aromatic heterocycles. The molecular weight excluding hydrogens is 170 g/mol. The van der Waals surface area contributed by atoms with Gasteiger partial charge >= 0.3 is 6.09 Å². The van der Waals surface area contributed by atoms with E-state index in [0.717, 1.165) is 6.42 Å². The van der Waals surface area contributed by atoms with E-state index in [2.05, 4.69) is 5.32 Å². The molecule has 1 aliphatic rings. The first-order valence-electron chi connectivity index (χ1n) is 4.31. The Hall–Kier alpha value is -1.28. The van der Waals surface area contributed by atoms with Gasteiger partial charge in [0.2, 0.25) is 0 Å². The maximum Gasteiger partial charge on any atom is 0.408 e. The molecule has 1 fully saturated rings. The number of nitrogens with one attached hydrogen (secondary N) is 1. The summed E-state index contributed by atoms with van der Waals surface area (Å²) in [7, 11) is 0. The van der Waals surface area contributed by atoms with E-state index in [-0.39, 0.29) is 6.04 Å². The summed E-state index contributed by atoms with van der Waals surface area (Å²) in [5.74, 6) is 2.09. The van der Waals surface area contributed by atoms with Gasteiger partial charge in [0.25, 0.3) is 0 Å². The van der Waals surface area contributed by atoms with Crippen LogP contribution in [0.3, 0.4) is 0 Å². The summed E-state index contributed by atoms with van der Waals surface area (Å²) in [5, 5.41) is 2.65. The third-order valence-corrected chi connectivity index (χ3v) is 1.90. The Morgan fingerprint density at radius 3 is 2.92 bits per heavy atom. The molecule has 4 nitrogen and oxygen atoms in total. The van der Waals surface area contributed by atoms with E-state index in [1.54, 1.807) is 5.94 Å². The highest BCUT2D eigenvalue weighted by Gasteiger charge is 2.32. The van der Waals surface area contributed by atoms with Crippen LogP contribution >= 0.6 is 0 Å². The molecule has 2 atom stereocenters. The van der Waals surface area contributed by atoms with Crippen molar-refractivity contribution in [3.8, 4) is 0 Å². The van der Waals surface area contributed by atoms with Crippen molar-refractivity contribution in [2.75, 3.05) is 0 Å². The van der Waals surface area contributed by atoms with Gasteiger partial charge in [-0.3, -0.25) is 0 Å². The Bertz CT molecular complexity index is 243. The van der Waals surface area contributed by atoms with Crippen LogP contribution in [0.25, 0.3) is 0 Å². The molecule has 72 valence electrons. The van der Waals surface area contributed by atoms with Gasteiger partial charge in [-0.2, -0.15) is 0 Å². The zero-order valence-electron chi connectivity index (χ0n) is 7.74. The molecular formula is C9H13NO3. The highest BCUT2D eigenvalue weighted by molar-refractivity contribution is 5.71. The van der Waals surface area contributed by atoms with E-state index in [4.69, 9.17) is 4.74 Å². The van der Waals surface area contributed by atoms with Crippen molar-refractivity contribution in [3.05, 3.63) is 6.08 Å². The highest BCUT2D eigenvalue weighted by Crippen LogP contribution is 2.16. The monoisotopic (exact) mass is 183 g/mol. The predicted octanol–water partition coefficient (Wildman–Crippen LogP) is 0.897. The molecule has 4 heteroatoms. The van der Waals surface area contributed by atoms with Gasteiger partial charge in [0.05, 0.1) is 6.04 Å². The molecule has 0 aromatic carbocycles. The van der Waals surface area contributed by atoms with Crippen LogP contribution in [-0.4, -0.2) is 24.2 Å². The number of amides is 1. The first-order valence-corrected chi connectivity index (χ1v) is 4.31. The summed E-state index contributed by atoms with van der Waals surface area (Å²) in [6.45, 7) is 4.10. The number of carbonyl (C=O) groups excluding carboxylic acids is 2. The van der Waals surface area contributed by atoms with Crippen molar-refractivity contribution in [1.29, 1.82) is 0 Å². The van der Waals surface area contributed by atoms with Crippen molar-refractivity contribution in [1.82, 2.24) is 5.32 Å². The van der Waals surface area contributed by atoms with Crippen molar-refractivity contribution in [3.63, 3.8) is 0 Å². The number of carbonyl (C=O) groups is 1. The third-order valence-electron chi connectivity index (χ3n) is 1.90. The van der Waals surface area contributed by atoms with Crippen LogP contribution in [-0.2, 0) is 9.53 Å². The second-order valence-electron chi connectivity index (χ2n) is 3.53. The lowest BCUT2D eigenvalue weighted by Crippen LogP contribution is -2.31. The smallest absolute Gasteiger partial charge is 0.408 e. The van der Waals surface area contributed by atoms with Crippen LogP contribution in [0.1, 0.15) is 20.3 Å². The summed E-state index contributed by atoms with van der Waals surface area (Å²) >= 11 is 0. The summed E-state index contributed by atoms with van der Waals surface area (Å²) in [6.07, 6.45) is 1.13. The molecule has 1 rings (SSSR count). The minimum absolute atomic E-state index is 0.0889. The summed E-state index contributed by atoms with van der Waals surface area (Å²) in [4.78, 5) is 20.9. The van der Waals surface area contributed by atoms with Gasteiger partial charge in [-0.05, 0) is 12.3 Å². The lowest BCUT2D eigenvalue weighted by atomic mass is 10.00. The molecule has 0 aromatic rings. The van der Waals surface area contributed by atoms with Crippen molar-refractivity contribution in [2.24, 2.45) is 5.92 Å². The molecule has 1 heterocycles. The molecule has 1 aliphatic heterocycles. The zero-order chi connectivity index (χ0) is 9.84. The standard InChI is InChI=1S/C9H13NO3/c1-6(2)5-7-8(3-4-11)13-9(12)10-7/h3,6-8H,5H2,1-2H3,(H,10,12). The van der Waals surface area contributed by atoms with Gasteiger partial charge in [-0.1, -0.05) is 13.8 Å². The van der Waals surface area contributed by atoms with Crippen molar-refractivity contribution >= 4 is 12.0 Å². The Kier molecular flexibility index (Phi) is 3.09. The van der Waals surface area contributed by atoms with Crippen molar-refractivity contribution in [2.45, 2.75) is 32.4 Å². The predicted molar refractivity (Wildman–Crippen MR) is 46.9 cm³/mol. The Balaban J connectivity index is 2.60. The van der Waals surface area contributed by atoms with Crippen LogP contribution < -0.4 is 5.32 Å². The van der Waals surface area contributed by atoms with Crippen LogP contribution in [0.5, 0.6) is 0 Å². The number of hydrogen-bond donors (Lipinski definition) is 1. The SMILES string of the molecule is CC(C)CC1NC(=O)OC1C=C=O. The van der Waals surface area contributed by atoms with E-state index in [1.165, 1.54) is 6.08 Å². The minimum Gasteiger partial charge on any atom is -0.439 e. The largest absolute Gasteiger partial charge is 0.439 e. The quantitative estimate of drug-likeness (QED) is 0.661. The molecule has 0 spiro atoms. The topological polar surface area (TPSA) is 55.4 Å². The molecule has 0 bridgehead atoms. The lowest BCUT2D eigenvalue weighted by Gasteiger charge is -2.14. The minimum atomic E-state index is -0.456. The summed E-state index contributed by atoms with van der Waals surface area (Å²) in [6, 6.07) is -0.0889. The highest BCUT2D eigenvalue weighted by atomic mass is 16.6. The molecule has 0 saturated carbocycles. The van der Waals surface area contributed by atoms with E-state index >= 15 is 0 Å². The average molecular weight is 183 g/mol. The first kappa shape index (κ1) is 9.81. The van der Waals surface area contributed by atoms with Gasteiger partial charge in [0, 0.05) is 6.08 Å². The fourth-order valence-electron chi connectivity index (χ4n) is 1.39. The van der Waals surface area contributed by atoms with Crippen LogP contribution in [0.2, 0.25) is 0 Å². The van der Waals surface area contributed by atoms with Crippen LogP contribution in [0.4, 0.5) is 4.79 Å². The second kappa shape index (κ2) is 4.10. The van der Waals surface area contributed by atoms with Gasteiger partial charge in [-0.15, -0.1) is 0 Å². The molecule has 0 radical (unpaired) electrons. The Morgan fingerprint density at radius 2 is 2.38 bits per heavy atom. The molecule has 13 heavy (non-hydrogen) atoms.